The molecule has 0 radical (unpaired) electrons. The number of ether oxygens (including phenoxy) is 1. The molecule has 0 spiro atoms. The maximum atomic E-state index is 11.6. The van der Waals surface area contributed by atoms with Gasteiger partial charge in [-0.05, 0) is 6.42 Å². The standard InChI is InChI=1S/C11H15N3O4/c1-18-7-10(15)13-3-2-9(6-13)14-5-8(4-12-14)11(16)17/h4-5,9H,2-3,6-7H2,1H3,(H,16,17). The average molecular weight is 253 g/mol. The summed E-state index contributed by atoms with van der Waals surface area (Å²) in [6.07, 6.45) is 3.59. The third-order valence-electron chi connectivity index (χ3n) is 3.01. The first-order valence-corrected chi connectivity index (χ1v) is 5.66. The van der Waals surface area contributed by atoms with Crippen molar-refractivity contribution in [2.45, 2.75) is 12.5 Å². The second-order valence-electron chi connectivity index (χ2n) is 4.23. The van der Waals surface area contributed by atoms with Crippen molar-refractivity contribution in [3.05, 3.63) is 18.0 Å². The van der Waals surface area contributed by atoms with Gasteiger partial charge in [-0.25, -0.2) is 4.79 Å². The summed E-state index contributed by atoms with van der Waals surface area (Å²) < 4.78 is 6.42. The van der Waals surface area contributed by atoms with Crippen molar-refractivity contribution in [1.29, 1.82) is 0 Å². The van der Waals surface area contributed by atoms with Crippen LogP contribution in [0.15, 0.2) is 12.4 Å². The first-order valence-electron chi connectivity index (χ1n) is 5.66. The molecule has 1 fully saturated rings. The second-order valence-corrected chi connectivity index (χ2v) is 4.23. The normalized spacial score (nSPS) is 19.2. The van der Waals surface area contributed by atoms with Gasteiger partial charge < -0.3 is 14.7 Å². The van der Waals surface area contributed by atoms with Crippen LogP contribution in [0.2, 0.25) is 0 Å². The number of rotatable bonds is 4. The Balaban J connectivity index is 1.99. The fraction of sp³-hybridized carbons (Fsp3) is 0.545. The van der Waals surface area contributed by atoms with Gasteiger partial charge in [0.1, 0.15) is 6.61 Å². The molecule has 0 aromatic carbocycles. The lowest BCUT2D eigenvalue weighted by atomic mass is 10.3. The van der Waals surface area contributed by atoms with Crippen LogP contribution in [-0.4, -0.2) is 58.5 Å². The number of carboxylic acids is 1. The summed E-state index contributed by atoms with van der Waals surface area (Å²) >= 11 is 0. The number of amides is 1. The van der Waals surface area contributed by atoms with Gasteiger partial charge in [-0.2, -0.15) is 5.10 Å². The summed E-state index contributed by atoms with van der Waals surface area (Å²) in [4.78, 5) is 24.1. The minimum Gasteiger partial charge on any atom is -0.478 e. The van der Waals surface area contributed by atoms with Gasteiger partial charge in [-0.1, -0.05) is 0 Å². The summed E-state index contributed by atoms with van der Waals surface area (Å²) in [6, 6.07) is 0.0407. The zero-order chi connectivity index (χ0) is 13.1. The van der Waals surface area contributed by atoms with Crippen molar-refractivity contribution in [2.75, 3.05) is 26.8 Å². The van der Waals surface area contributed by atoms with Gasteiger partial charge in [0.2, 0.25) is 5.91 Å². The van der Waals surface area contributed by atoms with Crippen molar-refractivity contribution < 1.29 is 19.4 Å². The lowest BCUT2D eigenvalue weighted by molar-refractivity contribution is -0.134. The second kappa shape index (κ2) is 5.18. The van der Waals surface area contributed by atoms with Gasteiger partial charge in [0.15, 0.2) is 0 Å². The largest absolute Gasteiger partial charge is 0.478 e. The maximum absolute atomic E-state index is 11.6. The first kappa shape index (κ1) is 12.6. The van der Waals surface area contributed by atoms with Crippen molar-refractivity contribution in [2.24, 2.45) is 0 Å². The molecule has 18 heavy (non-hydrogen) atoms. The van der Waals surface area contributed by atoms with E-state index in [2.05, 4.69) is 5.10 Å². The molecule has 1 amide bonds. The highest BCUT2D eigenvalue weighted by Gasteiger charge is 2.27. The molecule has 0 bridgehead atoms. The molecule has 1 aliphatic rings. The van der Waals surface area contributed by atoms with E-state index in [1.165, 1.54) is 19.5 Å². The molecule has 2 rings (SSSR count). The Morgan fingerprint density at radius 1 is 1.61 bits per heavy atom. The molecule has 7 heteroatoms. The molecule has 98 valence electrons. The van der Waals surface area contributed by atoms with Gasteiger partial charge >= 0.3 is 5.97 Å². The monoisotopic (exact) mass is 253 g/mol. The molecule has 1 aliphatic heterocycles. The summed E-state index contributed by atoms with van der Waals surface area (Å²) in [6.45, 7) is 1.27. The molecule has 1 saturated heterocycles. The quantitative estimate of drug-likeness (QED) is 0.816. The molecule has 1 atom stereocenters. The summed E-state index contributed by atoms with van der Waals surface area (Å²) in [7, 11) is 1.48. The van der Waals surface area contributed by atoms with Gasteiger partial charge in [0.05, 0.1) is 17.8 Å². The smallest absolute Gasteiger partial charge is 0.338 e. The molecule has 1 unspecified atom stereocenters. The van der Waals surface area contributed by atoms with E-state index in [9.17, 15) is 9.59 Å². The predicted octanol–water partition coefficient (Wildman–Crippen LogP) is 0.00110. The minimum absolute atomic E-state index is 0.0407. The number of hydrogen-bond acceptors (Lipinski definition) is 4. The van der Waals surface area contributed by atoms with Gasteiger partial charge in [-0.15, -0.1) is 0 Å². The molecule has 1 aromatic heterocycles. The molecule has 1 N–H and O–H groups in total. The topological polar surface area (TPSA) is 84.7 Å². The van der Waals surface area contributed by atoms with Crippen LogP contribution in [-0.2, 0) is 9.53 Å². The van der Waals surface area contributed by atoms with Crippen molar-refractivity contribution >= 4 is 11.9 Å². The number of carbonyl (C=O) groups excluding carboxylic acids is 1. The highest BCUT2D eigenvalue weighted by Crippen LogP contribution is 2.21. The third kappa shape index (κ3) is 2.51. The van der Waals surface area contributed by atoms with E-state index in [0.717, 1.165) is 6.42 Å². The third-order valence-corrected chi connectivity index (χ3v) is 3.01. The maximum Gasteiger partial charge on any atom is 0.338 e. The number of aromatic nitrogens is 2. The Morgan fingerprint density at radius 2 is 2.39 bits per heavy atom. The van der Waals surface area contributed by atoms with Crippen LogP contribution in [0.4, 0.5) is 0 Å². The number of hydrogen-bond donors (Lipinski definition) is 1. The van der Waals surface area contributed by atoms with Crippen LogP contribution in [0.1, 0.15) is 22.8 Å². The van der Waals surface area contributed by atoms with Crippen molar-refractivity contribution in [3.8, 4) is 0 Å². The predicted molar refractivity (Wildman–Crippen MR) is 61.3 cm³/mol. The Labute approximate surface area is 104 Å². The molecule has 2 heterocycles. The number of methoxy groups -OCH3 is 1. The number of carbonyl (C=O) groups is 2. The number of likely N-dealkylation sites (tertiary alicyclic amines) is 1. The van der Waals surface area contributed by atoms with E-state index in [4.69, 9.17) is 9.84 Å². The first-order chi connectivity index (χ1) is 8.61. The van der Waals surface area contributed by atoms with E-state index in [0.29, 0.717) is 13.1 Å². The Morgan fingerprint density at radius 3 is 3.00 bits per heavy atom. The van der Waals surface area contributed by atoms with Crippen molar-refractivity contribution in [3.63, 3.8) is 0 Å². The molecule has 1 aromatic rings. The zero-order valence-electron chi connectivity index (χ0n) is 10.1. The molecular formula is C11H15N3O4. The number of carboxylic acid groups (broad SMARTS) is 1. The number of nitrogens with zero attached hydrogens (tertiary/aromatic N) is 3. The number of aromatic carboxylic acids is 1. The van der Waals surface area contributed by atoms with E-state index >= 15 is 0 Å². The zero-order valence-corrected chi connectivity index (χ0v) is 10.1. The van der Waals surface area contributed by atoms with E-state index in [-0.39, 0.29) is 24.1 Å². The molecule has 0 saturated carbocycles. The SMILES string of the molecule is COCC(=O)N1CCC(n2cc(C(=O)O)cn2)C1. The van der Waals surface area contributed by atoms with Gasteiger partial charge in [0, 0.05) is 26.4 Å². The van der Waals surface area contributed by atoms with Crippen LogP contribution in [0.5, 0.6) is 0 Å². The summed E-state index contributed by atoms with van der Waals surface area (Å²) in [5.74, 6) is -1.04. The molecule has 0 aliphatic carbocycles. The van der Waals surface area contributed by atoms with E-state index in [1.54, 1.807) is 9.58 Å². The lowest BCUT2D eigenvalue weighted by Gasteiger charge is -2.15. The van der Waals surface area contributed by atoms with Crippen LogP contribution in [0, 0.1) is 0 Å². The highest BCUT2D eigenvalue weighted by molar-refractivity contribution is 5.86. The Kier molecular flexibility index (Phi) is 3.61. The summed E-state index contributed by atoms with van der Waals surface area (Å²) in [5.41, 5.74) is 0.164. The molecular weight excluding hydrogens is 238 g/mol. The average Bonchev–Trinajstić information content (AvgIpc) is 2.98. The lowest BCUT2D eigenvalue weighted by Crippen LogP contribution is -2.32. The van der Waals surface area contributed by atoms with Crippen LogP contribution >= 0.6 is 0 Å². The fourth-order valence-electron chi connectivity index (χ4n) is 2.05. The van der Waals surface area contributed by atoms with Crippen LogP contribution < -0.4 is 0 Å². The Hall–Kier alpha value is -1.89. The van der Waals surface area contributed by atoms with Crippen LogP contribution in [0.3, 0.4) is 0 Å². The van der Waals surface area contributed by atoms with Gasteiger partial charge in [0.25, 0.3) is 0 Å². The minimum atomic E-state index is -0.994. The fourth-order valence-corrected chi connectivity index (χ4v) is 2.05. The van der Waals surface area contributed by atoms with Crippen molar-refractivity contribution in [1.82, 2.24) is 14.7 Å². The van der Waals surface area contributed by atoms with Gasteiger partial charge in [-0.3, -0.25) is 9.48 Å². The summed E-state index contributed by atoms with van der Waals surface area (Å²) in [5, 5.41) is 12.8. The van der Waals surface area contributed by atoms with E-state index in [1.807, 2.05) is 0 Å². The van der Waals surface area contributed by atoms with E-state index < -0.39 is 5.97 Å². The molecule has 7 nitrogen and oxygen atoms in total. The Bertz CT molecular complexity index is 457. The highest BCUT2D eigenvalue weighted by atomic mass is 16.5. The van der Waals surface area contributed by atoms with Crippen LogP contribution in [0.25, 0.3) is 0 Å².